The van der Waals surface area contributed by atoms with Crippen LogP contribution in [0.4, 0.5) is 11.6 Å². The van der Waals surface area contributed by atoms with E-state index < -0.39 is 15.9 Å². The Morgan fingerprint density at radius 1 is 1.07 bits per heavy atom. The van der Waals surface area contributed by atoms with Crippen molar-refractivity contribution in [3.63, 3.8) is 0 Å². The number of rotatable bonds is 5. The smallest absolute Gasteiger partial charge is 0.307 e. The Morgan fingerprint density at radius 2 is 1.66 bits per heavy atom. The van der Waals surface area contributed by atoms with Crippen molar-refractivity contribution in [2.75, 3.05) is 10.0 Å². The molecule has 1 aromatic carbocycles. The summed E-state index contributed by atoms with van der Waals surface area (Å²) in [6.45, 7) is 5.17. The molecule has 0 aliphatic rings. The summed E-state index contributed by atoms with van der Waals surface area (Å²) in [4.78, 5) is 32.3. The maximum Gasteiger partial charge on any atom is 0.307 e. The first-order valence-corrected chi connectivity index (χ1v) is 10.8. The summed E-state index contributed by atoms with van der Waals surface area (Å²) in [7, 11) is -2.29. The molecule has 0 bridgehead atoms. The van der Waals surface area contributed by atoms with E-state index in [0.29, 0.717) is 27.6 Å². The molecular formula is C18H19N5O4S2. The van der Waals surface area contributed by atoms with Gasteiger partial charge in [-0.2, -0.15) is 0 Å². The second-order valence-corrected chi connectivity index (χ2v) is 9.04. The Labute approximate surface area is 171 Å². The number of amides is 1. The van der Waals surface area contributed by atoms with Crippen molar-refractivity contribution < 1.29 is 13.2 Å². The van der Waals surface area contributed by atoms with Gasteiger partial charge in [0, 0.05) is 29.8 Å². The normalized spacial score (nSPS) is 11.3. The van der Waals surface area contributed by atoms with E-state index in [-0.39, 0.29) is 15.7 Å². The predicted molar refractivity (Wildman–Crippen MR) is 111 cm³/mol. The predicted octanol–water partition coefficient (Wildman–Crippen LogP) is 2.22. The number of benzene rings is 1. The number of thiazole rings is 1. The fourth-order valence-electron chi connectivity index (χ4n) is 2.59. The molecular weight excluding hydrogens is 414 g/mol. The molecule has 0 saturated heterocycles. The van der Waals surface area contributed by atoms with Crippen LogP contribution in [-0.2, 0) is 17.1 Å². The SMILES string of the molecule is Cc1cc(C)nc(NS(=O)(=O)c2ccc(NC(=O)c3sc(=O)n(C)c3C)cc2)n1. The summed E-state index contributed by atoms with van der Waals surface area (Å²) >= 11 is 0.855. The van der Waals surface area contributed by atoms with Gasteiger partial charge in [0.25, 0.3) is 15.9 Å². The van der Waals surface area contributed by atoms with Gasteiger partial charge in [0.1, 0.15) is 4.88 Å². The Kier molecular flexibility index (Phi) is 5.53. The zero-order valence-corrected chi connectivity index (χ0v) is 17.8. The molecule has 152 valence electrons. The summed E-state index contributed by atoms with van der Waals surface area (Å²) < 4.78 is 28.8. The standard InChI is InChI=1S/C18H19N5O4S2/c1-10-9-11(2)20-17(19-10)22-29(26,27)14-7-5-13(6-8-14)21-16(24)15-12(3)23(4)18(25)28-15/h5-9H,1-4H3,(H,21,24)(H,19,20,22). The van der Waals surface area contributed by atoms with E-state index >= 15 is 0 Å². The lowest BCUT2D eigenvalue weighted by atomic mass is 10.3. The molecule has 1 amide bonds. The van der Waals surface area contributed by atoms with Gasteiger partial charge in [-0.15, -0.1) is 0 Å². The van der Waals surface area contributed by atoms with Gasteiger partial charge in [0.05, 0.1) is 4.90 Å². The molecule has 0 fully saturated rings. The first-order valence-electron chi connectivity index (χ1n) is 8.50. The number of hydrogen-bond acceptors (Lipinski definition) is 7. The highest BCUT2D eigenvalue weighted by molar-refractivity contribution is 7.92. The molecule has 3 rings (SSSR count). The van der Waals surface area contributed by atoms with Gasteiger partial charge in [-0.25, -0.2) is 23.1 Å². The number of hydrogen-bond donors (Lipinski definition) is 2. The highest BCUT2D eigenvalue weighted by Crippen LogP contribution is 2.19. The monoisotopic (exact) mass is 433 g/mol. The van der Waals surface area contributed by atoms with Crippen molar-refractivity contribution in [2.24, 2.45) is 7.05 Å². The average molecular weight is 434 g/mol. The van der Waals surface area contributed by atoms with E-state index in [2.05, 4.69) is 20.0 Å². The minimum Gasteiger partial charge on any atom is -0.321 e. The van der Waals surface area contributed by atoms with E-state index in [4.69, 9.17) is 0 Å². The molecule has 2 N–H and O–H groups in total. The highest BCUT2D eigenvalue weighted by atomic mass is 32.2. The molecule has 11 heteroatoms. The number of aryl methyl sites for hydroxylation is 2. The summed E-state index contributed by atoms with van der Waals surface area (Å²) in [5, 5.41) is 2.66. The van der Waals surface area contributed by atoms with Gasteiger partial charge in [-0.3, -0.25) is 9.59 Å². The van der Waals surface area contributed by atoms with Crippen molar-refractivity contribution in [2.45, 2.75) is 25.7 Å². The summed E-state index contributed by atoms with van der Waals surface area (Å²) in [6, 6.07) is 7.40. The average Bonchev–Trinajstić information content (AvgIpc) is 2.88. The number of aromatic nitrogens is 3. The van der Waals surface area contributed by atoms with E-state index in [1.54, 1.807) is 33.9 Å². The van der Waals surface area contributed by atoms with Crippen LogP contribution in [0.25, 0.3) is 0 Å². The molecule has 0 radical (unpaired) electrons. The van der Waals surface area contributed by atoms with Gasteiger partial charge in [-0.05, 0) is 51.1 Å². The third-order valence-corrected chi connectivity index (χ3v) is 6.61. The fraction of sp³-hybridized carbons (Fsp3) is 0.222. The minimum absolute atomic E-state index is 0.00110. The van der Waals surface area contributed by atoms with E-state index in [1.165, 1.54) is 28.8 Å². The second-order valence-electron chi connectivity index (χ2n) is 6.40. The van der Waals surface area contributed by atoms with Crippen LogP contribution in [-0.4, -0.2) is 28.9 Å². The lowest BCUT2D eigenvalue weighted by molar-refractivity contribution is 0.102. The van der Waals surface area contributed by atoms with Gasteiger partial charge in [0.15, 0.2) is 0 Å². The largest absolute Gasteiger partial charge is 0.321 e. The van der Waals surface area contributed by atoms with Gasteiger partial charge in [-0.1, -0.05) is 11.3 Å². The third kappa shape index (κ3) is 4.51. The first-order chi connectivity index (χ1) is 13.6. The van der Waals surface area contributed by atoms with E-state index in [1.807, 2.05) is 0 Å². The molecule has 2 aromatic heterocycles. The lowest BCUT2D eigenvalue weighted by Gasteiger charge is -2.09. The van der Waals surface area contributed by atoms with Crippen molar-refractivity contribution in [1.29, 1.82) is 0 Å². The van der Waals surface area contributed by atoms with Crippen molar-refractivity contribution in [3.05, 3.63) is 62.0 Å². The van der Waals surface area contributed by atoms with Crippen LogP contribution in [0.15, 0.2) is 40.0 Å². The number of nitrogens with zero attached hydrogens (tertiary/aromatic N) is 3. The van der Waals surface area contributed by atoms with Crippen LogP contribution >= 0.6 is 11.3 Å². The molecule has 3 aromatic rings. The minimum atomic E-state index is -3.88. The van der Waals surface area contributed by atoms with Crippen LogP contribution in [0.5, 0.6) is 0 Å². The quantitative estimate of drug-likeness (QED) is 0.636. The molecule has 0 aliphatic carbocycles. The maximum absolute atomic E-state index is 12.5. The van der Waals surface area contributed by atoms with Crippen LogP contribution in [0, 0.1) is 20.8 Å². The number of carbonyl (C=O) groups is 1. The molecule has 0 aliphatic heterocycles. The van der Waals surface area contributed by atoms with Crippen molar-refractivity contribution in [3.8, 4) is 0 Å². The summed E-state index contributed by atoms with van der Waals surface area (Å²) in [6.07, 6.45) is 0. The third-order valence-electron chi connectivity index (χ3n) is 4.13. The molecule has 0 spiro atoms. The van der Waals surface area contributed by atoms with Crippen LogP contribution in [0.3, 0.4) is 0 Å². The topological polar surface area (TPSA) is 123 Å². The Balaban J connectivity index is 1.77. The molecule has 2 heterocycles. The molecule has 0 unspecified atom stereocenters. The van der Waals surface area contributed by atoms with Crippen molar-refractivity contribution >= 4 is 38.9 Å². The summed E-state index contributed by atoms with van der Waals surface area (Å²) in [5.74, 6) is -0.433. The van der Waals surface area contributed by atoms with E-state index in [0.717, 1.165) is 11.3 Å². The number of anilines is 2. The van der Waals surface area contributed by atoms with Crippen molar-refractivity contribution in [1.82, 2.24) is 14.5 Å². The lowest BCUT2D eigenvalue weighted by Crippen LogP contribution is -2.16. The molecule has 0 atom stereocenters. The van der Waals surface area contributed by atoms with Crippen LogP contribution < -0.4 is 14.9 Å². The Morgan fingerprint density at radius 3 is 2.17 bits per heavy atom. The van der Waals surface area contributed by atoms with Crippen LogP contribution in [0.2, 0.25) is 0 Å². The number of carbonyl (C=O) groups excluding carboxylic acids is 1. The summed E-state index contributed by atoms with van der Waals surface area (Å²) in [5.41, 5.74) is 2.26. The van der Waals surface area contributed by atoms with Crippen LogP contribution in [0.1, 0.15) is 26.8 Å². The van der Waals surface area contributed by atoms with Gasteiger partial charge < -0.3 is 9.88 Å². The fourth-order valence-corrected chi connectivity index (χ4v) is 4.41. The zero-order valence-electron chi connectivity index (χ0n) is 16.2. The zero-order chi connectivity index (χ0) is 21.3. The molecule has 9 nitrogen and oxygen atoms in total. The highest BCUT2D eigenvalue weighted by Gasteiger charge is 2.18. The number of sulfonamides is 1. The second kappa shape index (κ2) is 7.76. The Bertz CT molecular complexity index is 1220. The van der Waals surface area contributed by atoms with E-state index in [9.17, 15) is 18.0 Å². The Hall–Kier alpha value is -3.05. The van der Waals surface area contributed by atoms with Gasteiger partial charge in [0.2, 0.25) is 5.95 Å². The number of nitrogens with one attached hydrogen (secondary N) is 2. The molecule has 29 heavy (non-hydrogen) atoms. The first kappa shape index (κ1) is 20.7. The molecule has 0 saturated carbocycles. The van der Waals surface area contributed by atoms with Gasteiger partial charge >= 0.3 is 4.87 Å². The maximum atomic E-state index is 12.5.